The van der Waals surface area contributed by atoms with E-state index in [1.54, 1.807) is 0 Å². The molecule has 1 aliphatic heterocycles. The average molecular weight is 261 g/mol. The summed E-state index contributed by atoms with van der Waals surface area (Å²) in [5.41, 5.74) is 0.107. The van der Waals surface area contributed by atoms with Crippen LogP contribution < -0.4 is 0 Å². The third kappa shape index (κ3) is 2.70. The Morgan fingerprint density at radius 1 is 1.24 bits per heavy atom. The molecular weight excluding hydrogens is 248 g/mol. The molecule has 94 valence electrons. The van der Waals surface area contributed by atoms with Crippen LogP contribution in [0.15, 0.2) is 18.2 Å². The van der Waals surface area contributed by atoms with Crippen molar-refractivity contribution >= 4 is 11.3 Å². The van der Waals surface area contributed by atoms with Crippen molar-refractivity contribution in [3.05, 3.63) is 35.4 Å². The van der Waals surface area contributed by atoms with Crippen LogP contribution in [0.1, 0.15) is 24.3 Å². The largest absolute Gasteiger partial charge is 0.294 e. The van der Waals surface area contributed by atoms with Crippen LogP contribution in [0.25, 0.3) is 0 Å². The van der Waals surface area contributed by atoms with E-state index in [-0.39, 0.29) is 11.5 Å². The molecule has 1 aromatic carbocycles. The highest BCUT2D eigenvalue weighted by Crippen LogP contribution is 2.31. The summed E-state index contributed by atoms with van der Waals surface area (Å²) >= 11 is -1.99. The first kappa shape index (κ1) is 12.6. The van der Waals surface area contributed by atoms with Crippen LogP contribution in [0, 0.1) is 11.6 Å². The minimum Gasteiger partial charge on any atom is -0.294 e. The number of nitrogens with zero attached hydrogens (tertiary/aromatic N) is 1. The lowest BCUT2D eigenvalue weighted by atomic mass is 9.89. The fourth-order valence-corrected chi connectivity index (χ4v) is 2.72. The molecule has 2 rings (SSSR count). The lowest BCUT2D eigenvalue weighted by Crippen LogP contribution is -2.34. The molecule has 0 aromatic heterocycles. The van der Waals surface area contributed by atoms with Crippen LogP contribution in [0.3, 0.4) is 0 Å². The zero-order valence-electron chi connectivity index (χ0n) is 9.10. The Bertz CT molecular complexity index is 413. The van der Waals surface area contributed by atoms with Gasteiger partial charge in [0.1, 0.15) is 11.6 Å². The van der Waals surface area contributed by atoms with E-state index >= 15 is 0 Å². The molecule has 1 aromatic rings. The van der Waals surface area contributed by atoms with E-state index in [4.69, 9.17) is 4.55 Å². The quantitative estimate of drug-likeness (QED) is 0.830. The van der Waals surface area contributed by atoms with Gasteiger partial charge in [-0.05, 0) is 30.9 Å². The van der Waals surface area contributed by atoms with Gasteiger partial charge in [-0.3, -0.25) is 4.55 Å². The predicted molar refractivity (Wildman–Crippen MR) is 60.7 cm³/mol. The van der Waals surface area contributed by atoms with Gasteiger partial charge in [0.2, 0.25) is 11.3 Å². The van der Waals surface area contributed by atoms with Crippen molar-refractivity contribution in [1.82, 2.24) is 4.31 Å². The third-order valence-corrected chi connectivity index (χ3v) is 3.89. The minimum absolute atomic E-state index is 0.107. The van der Waals surface area contributed by atoms with E-state index in [1.165, 1.54) is 22.5 Å². The van der Waals surface area contributed by atoms with E-state index in [0.29, 0.717) is 25.9 Å². The highest BCUT2D eigenvalue weighted by Gasteiger charge is 2.27. The second-order valence-electron chi connectivity index (χ2n) is 4.07. The molecule has 1 fully saturated rings. The molecule has 1 heterocycles. The Hall–Kier alpha value is -0.850. The number of halogens is 2. The van der Waals surface area contributed by atoms with Gasteiger partial charge in [0.15, 0.2) is 0 Å². The molecule has 1 atom stereocenters. The van der Waals surface area contributed by atoms with E-state index < -0.39 is 22.9 Å². The minimum atomic E-state index is -1.99. The summed E-state index contributed by atoms with van der Waals surface area (Å²) in [5.74, 6) is -1.28. The van der Waals surface area contributed by atoms with Gasteiger partial charge in [-0.1, -0.05) is 6.07 Å². The Balaban J connectivity index is 2.13. The number of rotatable bonds is 2. The maximum atomic E-state index is 13.5. The van der Waals surface area contributed by atoms with Crippen molar-refractivity contribution in [2.24, 2.45) is 0 Å². The second-order valence-corrected chi connectivity index (χ2v) is 5.05. The van der Waals surface area contributed by atoms with Crippen molar-refractivity contribution in [3.8, 4) is 0 Å². The molecule has 0 amide bonds. The molecule has 0 aliphatic carbocycles. The summed E-state index contributed by atoms with van der Waals surface area (Å²) in [6.45, 7) is 0.753. The van der Waals surface area contributed by atoms with Crippen LogP contribution in [-0.2, 0) is 11.3 Å². The Morgan fingerprint density at radius 3 is 2.24 bits per heavy atom. The molecule has 0 saturated carbocycles. The topological polar surface area (TPSA) is 40.5 Å². The van der Waals surface area contributed by atoms with Crippen molar-refractivity contribution in [2.45, 2.75) is 18.8 Å². The lowest BCUT2D eigenvalue weighted by Gasteiger charge is -2.29. The first-order chi connectivity index (χ1) is 8.09. The monoisotopic (exact) mass is 261 g/mol. The van der Waals surface area contributed by atoms with Crippen LogP contribution in [0.2, 0.25) is 0 Å². The van der Waals surface area contributed by atoms with Gasteiger partial charge >= 0.3 is 0 Å². The summed E-state index contributed by atoms with van der Waals surface area (Å²) in [5, 5.41) is 0. The highest BCUT2D eigenvalue weighted by molar-refractivity contribution is 7.76. The molecule has 1 saturated heterocycles. The van der Waals surface area contributed by atoms with E-state index in [9.17, 15) is 13.0 Å². The molecule has 1 N–H and O–H groups in total. The number of hydrogen-bond acceptors (Lipinski definition) is 1. The molecule has 0 spiro atoms. The zero-order chi connectivity index (χ0) is 12.4. The first-order valence-corrected chi connectivity index (χ1v) is 6.46. The SMILES string of the molecule is O=S(O)N1CCC(c2c(F)cccc2F)CC1. The van der Waals surface area contributed by atoms with Gasteiger partial charge in [0.25, 0.3) is 0 Å². The Morgan fingerprint density at radius 2 is 1.76 bits per heavy atom. The predicted octanol–water partition coefficient (Wildman–Crippen LogP) is 2.28. The normalized spacial score (nSPS) is 20.4. The van der Waals surface area contributed by atoms with Gasteiger partial charge in [0, 0.05) is 18.7 Å². The smallest absolute Gasteiger partial charge is 0.234 e. The van der Waals surface area contributed by atoms with Gasteiger partial charge in [-0.2, -0.15) is 0 Å². The Labute approximate surface area is 101 Å². The second kappa shape index (κ2) is 5.20. The fourth-order valence-electron chi connectivity index (χ4n) is 2.20. The molecule has 3 nitrogen and oxygen atoms in total. The molecule has 6 heteroatoms. The van der Waals surface area contributed by atoms with Crippen molar-refractivity contribution in [2.75, 3.05) is 13.1 Å². The maximum Gasteiger partial charge on any atom is 0.234 e. The van der Waals surface area contributed by atoms with E-state index in [1.807, 2.05) is 0 Å². The average Bonchev–Trinajstić information content (AvgIpc) is 2.29. The summed E-state index contributed by atoms with van der Waals surface area (Å²) in [6, 6.07) is 3.83. The molecular formula is C11H13F2NO2S. The molecule has 1 unspecified atom stereocenters. The number of hydrogen-bond donors (Lipinski definition) is 1. The van der Waals surface area contributed by atoms with Crippen LogP contribution in [0.4, 0.5) is 8.78 Å². The summed E-state index contributed by atoms with van der Waals surface area (Å²) < 4.78 is 48.2. The van der Waals surface area contributed by atoms with Gasteiger partial charge in [-0.25, -0.2) is 17.3 Å². The van der Waals surface area contributed by atoms with Crippen molar-refractivity contribution in [1.29, 1.82) is 0 Å². The van der Waals surface area contributed by atoms with Crippen molar-refractivity contribution in [3.63, 3.8) is 0 Å². The van der Waals surface area contributed by atoms with Gasteiger partial charge in [0.05, 0.1) is 0 Å². The van der Waals surface area contributed by atoms with Crippen molar-refractivity contribution < 1.29 is 17.5 Å². The first-order valence-electron chi connectivity index (χ1n) is 5.39. The molecule has 0 bridgehead atoms. The summed E-state index contributed by atoms with van der Waals surface area (Å²) in [4.78, 5) is 0. The van der Waals surface area contributed by atoms with E-state index in [2.05, 4.69) is 0 Å². The van der Waals surface area contributed by atoms with Crippen LogP contribution in [0.5, 0.6) is 0 Å². The van der Waals surface area contributed by atoms with Gasteiger partial charge < -0.3 is 0 Å². The summed E-state index contributed by atoms with van der Waals surface area (Å²) in [6.07, 6.45) is 0.980. The molecule has 1 aliphatic rings. The zero-order valence-corrected chi connectivity index (χ0v) is 9.92. The summed E-state index contributed by atoms with van der Waals surface area (Å²) in [7, 11) is 0. The third-order valence-electron chi connectivity index (χ3n) is 3.08. The Kier molecular flexibility index (Phi) is 3.86. The molecule has 0 radical (unpaired) electrons. The number of piperidine rings is 1. The lowest BCUT2D eigenvalue weighted by molar-refractivity contribution is 0.305. The molecule has 17 heavy (non-hydrogen) atoms. The highest BCUT2D eigenvalue weighted by atomic mass is 32.2. The van der Waals surface area contributed by atoms with Crippen LogP contribution >= 0.6 is 0 Å². The number of benzene rings is 1. The standard InChI is InChI=1S/C11H13F2NO2S/c12-9-2-1-3-10(13)11(9)8-4-6-14(7-5-8)17(15)16/h1-3,8H,4-7H2,(H,15,16). The van der Waals surface area contributed by atoms with Gasteiger partial charge in [-0.15, -0.1) is 0 Å². The maximum absolute atomic E-state index is 13.5. The van der Waals surface area contributed by atoms with E-state index in [0.717, 1.165) is 0 Å². The van der Waals surface area contributed by atoms with Crippen LogP contribution in [-0.4, -0.2) is 26.2 Å². The fraction of sp³-hybridized carbons (Fsp3) is 0.455.